The number of aromatic nitrogens is 1. The molecule has 0 spiro atoms. The lowest BCUT2D eigenvalue weighted by atomic mass is 9.95. The molecule has 2 heterocycles. The second-order valence-corrected chi connectivity index (χ2v) is 7.88. The lowest BCUT2D eigenvalue weighted by molar-refractivity contribution is -0.117. The van der Waals surface area contributed by atoms with Gasteiger partial charge in [-0.3, -0.25) is 9.59 Å². The molecule has 4 N–H and O–H groups in total. The number of fused-ring (bicyclic) bond motifs is 1. The minimum atomic E-state index is -0.691. The van der Waals surface area contributed by atoms with Gasteiger partial charge in [0.2, 0.25) is 5.91 Å². The standard InChI is InChI=1S/C17H22N4O2S2/c1-2-19-16(23)14-11-5-3-4-6-13(11)25-17(14)21-15(22)12(18)7-10-8-24-9-20-10/h8-9,12H,2-7,18H2,1H3,(H,19,23)(H,21,22)/t12-/m0/s1. The first-order valence-electron chi connectivity index (χ1n) is 8.46. The van der Waals surface area contributed by atoms with Crippen molar-refractivity contribution in [3.05, 3.63) is 32.6 Å². The van der Waals surface area contributed by atoms with Gasteiger partial charge in [0, 0.05) is 23.2 Å². The molecular formula is C17H22N4O2S2. The average Bonchev–Trinajstić information content (AvgIpc) is 3.21. The van der Waals surface area contributed by atoms with Crippen LogP contribution in [-0.4, -0.2) is 29.4 Å². The monoisotopic (exact) mass is 378 g/mol. The van der Waals surface area contributed by atoms with Crippen molar-refractivity contribution < 1.29 is 9.59 Å². The van der Waals surface area contributed by atoms with E-state index in [0.29, 0.717) is 23.5 Å². The minimum Gasteiger partial charge on any atom is -0.352 e. The van der Waals surface area contributed by atoms with E-state index in [2.05, 4.69) is 15.6 Å². The third-order valence-electron chi connectivity index (χ3n) is 4.22. The molecule has 1 aliphatic carbocycles. The number of nitrogens with two attached hydrogens (primary N) is 1. The Morgan fingerprint density at radius 1 is 1.36 bits per heavy atom. The van der Waals surface area contributed by atoms with Crippen LogP contribution >= 0.6 is 22.7 Å². The highest BCUT2D eigenvalue weighted by molar-refractivity contribution is 7.17. The highest BCUT2D eigenvalue weighted by atomic mass is 32.1. The molecule has 134 valence electrons. The van der Waals surface area contributed by atoms with E-state index >= 15 is 0 Å². The van der Waals surface area contributed by atoms with Crippen molar-refractivity contribution in [1.29, 1.82) is 0 Å². The van der Waals surface area contributed by atoms with Gasteiger partial charge < -0.3 is 16.4 Å². The Labute approximate surface area is 154 Å². The topological polar surface area (TPSA) is 97.1 Å². The number of amides is 2. The van der Waals surface area contributed by atoms with Crippen LogP contribution in [0.5, 0.6) is 0 Å². The van der Waals surface area contributed by atoms with Crippen LogP contribution in [0.1, 0.15) is 46.3 Å². The van der Waals surface area contributed by atoms with E-state index < -0.39 is 6.04 Å². The molecule has 1 aliphatic rings. The van der Waals surface area contributed by atoms with Crippen LogP contribution in [0.2, 0.25) is 0 Å². The summed E-state index contributed by atoms with van der Waals surface area (Å²) in [6, 6.07) is -0.691. The molecule has 0 saturated heterocycles. The summed E-state index contributed by atoms with van der Waals surface area (Å²) >= 11 is 2.99. The molecule has 2 aromatic heterocycles. The van der Waals surface area contributed by atoms with E-state index in [1.165, 1.54) is 27.6 Å². The predicted octanol–water partition coefficient (Wildman–Crippen LogP) is 2.34. The number of hydrogen-bond acceptors (Lipinski definition) is 6. The Hall–Kier alpha value is -1.77. The Bertz CT molecular complexity index is 755. The molecule has 3 rings (SSSR count). The molecule has 2 amide bonds. The number of nitrogens with one attached hydrogen (secondary N) is 2. The Morgan fingerprint density at radius 3 is 2.88 bits per heavy atom. The number of thiophene rings is 1. The lowest BCUT2D eigenvalue weighted by Crippen LogP contribution is -2.38. The zero-order valence-electron chi connectivity index (χ0n) is 14.1. The second kappa shape index (κ2) is 8.07. The van der Waals surface area contributed by atoms with Crippen molar-refractivity contribution in [2.75, 3.05) is 11.9 Å². The maximum Gasteiger partial charge on any atom is 0.254 e. The summed E-state index contributed by atoms with van der Waals surface area (Å²) in [5.74, 6) is -0.401. The summed E-state index contributed by atoms with van der Waals surface area (Å²) in [7, 11) is 0. The van der Waals surface area contributed by atoms with Crippen molar-refractivity contribution in [3.63, 3.8) is 0 Å². The Kier molecular flexibility index (Phi) is 5.82. The van der Waals surface area contributed by atoms with E-state index in [9.17, 15) is 9.59 Å². The van der Waals surface area contributed by atoms with Gasteiger partial charge in [-0.2, -0.15) is 0 Å². The minimum absolute atomic E-state index is 0.120. The molecule has 0 saturated carbocycles. The summed E-state index contributed by atoms with van der Waals surface area (Å²) in [6.07, 6.45) is 4.44. The summed E-state index contributed by atoms with van der Waals surface area (Å²) < 4.78 is 0. The third-order valence-corrected chi connectivity index (χ3v) is 6.06. The first-order valence-corrected chi connectivity index (χ1v) is 10.2. The van der Waals surface area contributed by atoms with Crippen LogP contribution in [0.15, 0.2) is 10.9 Å². The molecule has 6 nitrogen and oxygen atoms in total. The van der Waals surface area contributed by atoms with Crippen LogP contribution in [-0.2, 0) is 24.1 Å². The number of hydrogen-bond donors (Lipinski definition) is 3. The predicted molar refractivity (Wildman–Crippen MR) is 101 cm³/mol. The molecule has 0 aliphatic heterocycles. The smallest absolute Gasteiger partial charge is 0.254 e. The molecular weight excluding hydrogens is 356 g/mol. The number of aryl methyl sites for hydroxylation is 1. The first-order chi connectivity index (χ1) is 12.1. The zero-order chi connectivity index (χ0) is 17.8. The maximum atomic E-state index is 12.5. The molecule has 0 fully saturated rings. The average molecular weight is 379 g/mol. The van der Waals surface area contributed by atoms with Crippen molar-refractivity contribution in [2.24, 2.45) is 5.73 Å². The van der Waals surface area contributed by atoms with Gasteiger partial charge in [-0.1, -0.05) is 0 Å². The van der Waals surface area contributed by atoms with Crippen molar-refractivity contribution in [1.82, 2.24) is 10.3 Å². The largest absolute Gasteiger partial charge is 0.352 e. The van der Waals surface area contributed by atoms with Gasteiger partial charge in [0.25, 0.3) is 5.91 Å². The van der Waals surface area contributed by atoms with Gasteiger partial charge in [-0.15, -0.1) is 22.7 Å². The number of carbonyl (C=O) groups excluding carboxylic acids is 2. The molecule has 1 atom stereocenters. The molecule has 2 aromatic rings. The summed E-state index contributed by atoms with van der Waals surface area (Å²) in [6.45, 7) is 2.44. The van der Waals surface area contributed by atoms with Crippen LogP contribution < -0.4 is 16.4 Å². The number of thiazole rings is 1. The fourth-order valence-corrected chi connectivity index (χ4v) is 4.87. The SMILES string of the molecule is CCNC(=O)c1c(NC(=O)[C@@H](N)Cc2cscn2)sc2c1CCCC2. The van der Waals surface area contributed by atoms with Gasteiger partial charge in [0.05, 0.1) is 22.8 Å². The Morgan fingerprint density at radius 2 is 2.16 bits per heavy atom. The van der Waals surface area contributed by atoms with Gasteiger partial charge in [0.1, 0.15) is 5.00 Å². The highest BCUT2D eigenvalue weighted by Crippen LogP contribution is 2.38. The molecule has 0 aromatic carbocycles. The second-order valence-electron chi connectivity index (χ2n) is 6.05. The number of anilines is 1. The van der Waals surface area contributed by atoms with Crippen LogP contribution in [0, 0.1) is 0 Å². The third kappa shape index (κ3) is 4.08. The van der Waals surface area contributed by atoms with Crippen LogP contribution in [0.4, 0.5) is 5.00 Å². The first kappa shape index (κ1) is 18.0. The van der Waals surface area contributed by atoms with E-state index in [-0.39, 0.29) is 11.8 Å². The highest BCUT2D eigenvalue weighted by Gasteiger charge is 2.27. The van der Waals surface area contributed by atoms with E-state index in [1.54, 1.807) is 5.51 Å². The molecule has 0 unspecified atom stereocenters. The van der Waals surface area contributed by atoms with Crippen LogP contribution in [0.3, 0.4) is 0 Å². The summed E-state index contributed by atoms with van der Waals surface area (Å²) in [4.78, 5) is 30.4. The van der Waals surface area contributed by atoms with Crippen molar-refractivity contribution in [3.8, 4) is 0 Å². The quantitative estimate of drug-likeness (QED) is 0.719. The van der Waals surface area contributed by atoms with Crippen molar-refractivity contribution in [2.45, 2.75) is 45.1 Å². The number of nitrogens with zero attached hydrogens (tertiary/aromatic N) is 1. The maximum absolute atomic E-state index is 12.5. The lowest BCUT2D eigenvalue weighted by Gasteiger charge is -2.13. The summed E-state index contributed by atoms with van der Waals surface area (Å²) in [5, 5.41) is 8.25. The Balaban J connectivity index is 1.80. The van der Waals surface area contributed by atoms with Gasteiger partial charge >= 0.3 is 0 Å². The molecule has 0 bridgehead atoms. The fraction of sp³-hybridized carbons (Fsp3) is 0.471. The van der Waals surface area contributed by atoms with Gasteiger partial charge in [0.15, 0.2) is 0 Å². The van der Waals surface area contributed by atoms with Crippen LogP contribution in [0.25, 0.3) is 0 Å². The van der Waals surface area contributed by atoms with E-state index in [1.807, 2.05) is 12.3 Å². The van der Waals surface area contributed by atoms with Crippen molar-refractivity contribution >= 4 is 39.5 Å². The number of rotatable bonds is 6. The number of carbonyl (C=O) groups is 2. The van der Waals surface area contributed by atoms with Gasteiger partial charge in [-0.05, 0) is 38.2 Å². The zero-order valence-corrected chi connectivity index (χ0v) is 15.8. The van der Waals surface area contributed by atoms with E-state index in [4.69, 9.17) is 5.73 Å². The van der Waals surface area contributed by atoms with E-state index in [0.717, 1.165) is 36.9 Å². The molecule has 8 heteroatoms. The molecule has 25 heavy (non-hydrogen) atoms. The van der Waals surface area contributed by atoms with Gasteiger partial charge in [-0.25, -0.2) is 4.98 Å². The molecule has 0 radical (unpaired) electrons. The fourth-order valence-electron chi connectivity index (χ4n) is 3.00. The summed E-state index contributed by atoms with van der Waals surface area (Å²) in [5.41, 5.74) is 10.3. The normalized spacial score (nSPS) is 14.6.